The van der Waals surface area contributed by atoms with Gasteiger partial charge in [0.05, 0.1) is 21.3 Å². The normalized spacial score (nSPS) is 11.1. The summed E-state index contributed by atoms with van der Waals surface area (Å²) in [6, 6.07) is 11.4. The van der Waals surface area contributed by atoms with Crippen molar-refractivity contribution in [3.8, 4) is 17.3 Å². The zero-order chi connectivity index (χ0) is 26.9. The maximum atomic E-state index is 13.0. The van der Waals surface area contributed by atoms with E-state index in [0.29, 0.717) is 27.5 Å². The maximum absolute atomic E-state index is 13.0. The Bertz CT molecular complexity index is 1760. The molecule has 0 fully saturated rings. The first-order valence-electron chi connectivity index (χ1n) is 10.8. The number of para-hydroxylation sites is 1. The molecule has 0 saturated carbocycles. The van der Waals surface area contributed by atoms with Gasteiger partial charge in [0.15, 0.2) is 0 Å². The van der Waals surface area contributed by atoms with E-state index in [1.165, 1.54) is 35.0 Å². The fourth-order valence-corrected chi connectivity index (χ4v) is 4.57. The molecule has 4 rings (SSSR count). The molecule has 0 atom stereocenters. The lowest BCUT2D eigenvalue weighted by atomic mass is 10.2. The lowest BCUT2D eigenvalue weighted by Crippen LogP contribution is -2.30. The second-order valence-corrected chi connectivity index (χ2v) is 9.23. The van der Waals surface area contributed by atoms with Gasteiger partial charge in [0.2, 0.25) is 5.88 Å². The SMILES string of the molecule is CC(=C=Cc1c(C)[nH]n(-c2c(Cl)cc(Cl)cc2Cl)c1=O)C=Cc1c(O)n(-c2ccccc2)c(=O)[nH]c1=O. The maximum Gasteiger partial charge on any atom is 0.335 e. The van der Waals surface area contributed by atoms with E-state index in [2.05, 4.69) is 15.8 Å². The van der Waals surface area contributed by atoms with Gasteiger partial charge in [0.1, 0.15) is 11.3 Å². The van der Waals surface area contributed by atoms with Crippen LogP contribution in [0.5, 0.6) is 5.88 Å². The third-order valence-corrected chi connectivity index (χ3v) is 6.20. The van der Waals surface area contributed by atoms with Gasteiger partial charge in [-0.15, -0.1) is 5.73 Å². The second kappa shape index (κ2) is 10.6. The van der Waals surface area contributed by atoms with Crippen molar-refractivity contribution in [3.63, 3.8) is 0 Å². The lowest BCUT2D eigenvalue weighted by molar-refractivity contribution is 0.429. The summed E-state index contributed by atoms with van der Waals surface area (Å²) < 4.78 is 2.22. The van der Waals surface area contributed by atoms with Crippen LogP contribution >= 0.6 is 34.8 Å². The third kappa shape index (κ3) is 5.28. The van der Waals surface area contributed by atoms with E-state index in [1.807, 2.05) is 0 Å². The van der Waals surface area contributed by atoms with Crippen LogP contribution in [0, 0.1) is 6.92 Å². The summed E-state index contributed by atoms with van der Waals surface area (Å²) in [5, 5.41) is 14.3. The number of aromatic hydroxyl groups is 1. The standard InChI is InChI=1S/C26H19Cl3N4O4/c1-14(9-11-19-23(34)30-26(37)32(24(19)35)17-6-4-3-5-7-17)8-10-18-15(2)31-33(25(18)36)22-20(28)12-16(27)13-21(22)29/h3-7,9-13,31,35H,1-2H3,(H,30,34,37). The van der Waals surface area contributed by atoms with Gasteiger partial charge in [-0.05, 0) is 55.8 Å². The van der Waals surface area contributed by atoms with Crippen molar-refractivity contribution in [3.05, 3.63) is 123 Å². The fraction of sp³-hybridized carbons (Fsp3) is 0.0769. The molecule has 8 nitrogen and oxygen atoms in total. The Labute approximate surface area is 225 Å². The smallest absolute Gasteiger partial charge is 0.335 e. The Morgan fingerprint density at radius 3 is 2.32 bits per heavy atom. The molecule has 0 saturated heterocycles. The fourth-order valence-electron chi connectivity index (χ4n) is 3.58. The molecule has 188 valence electrons. The molecule has 0 radical (unpaired) electrons. The number of H-pyrrole nitrogens is 2. The summed E-state index contributed by atoms with van der Waals surface area (Å²) in [6.45, 7) is 3.40. The molecule has 4 aromatic rings. The topological polar surface area (TPSA) is 113 Å². The van der Waals surface area contributed by atoms with Gasteiger partial charge in [0, 0.05) is 10.7 Å². The number of aromatic nitrogens is 4. The zero-order valence-corrected chi connectivity index (χ0v) is 21.7. The molecule has 2 aromatic heterocycles. The van der Waals surface area contributed by atoms with Crippen LogP contribution in [0.15, 0.2) is 74.2 Å². The van der Waals surface area contributed by atoms with Gasteiger partial charge >= 0.3 is 5.69 Å². The van der Waals surface area contributed by atoms with Crippen molar-refractivity contribution in [1.82, 2.24) is 19.3 Å². The average molecular weight is 558 g/mol. The van der Waals surface area contributed by atoms with Crippen LogP contribution in [0.4, 0.5) is 0 Å². The Hall–Kier alpha value is -3.94. The highest BCUT2D eigenvalue weighted by molar-refractivity contribution is 6.40. The number of hydrogen-bond donors (Lipinski definition) is 3. The zero-order valence-electron chi connectivity index (χ0n) is 19.5. The van der Waals surface area contributed by atoms with Crippen LogP contribution in [0.1, 0.15) is 23.7 Å². The number of nitrogens with one attached hydrogen (secondary N) is 2. The average Bonchev–Trinajstić information content (AvgIpc) is 3.10. The highest BCUT2D eigenvalue weighted by Crippen LogP contribution is 2.31. The summed E-state index contributed by atoms with van der Waals surface area (Å²) in [6.07, 6.45) is 4.36. The first-order chi connectivity index (χ1) is 17.6. The number of aromatic amines is 2. The summed E-state index contributed by atoms with van der Waals surface area (Å²) in [7, 11) is 0. The Morgan fingerprint density at radius 2 is 1.68 bits per heavy atom. The predicted octanol–water partition coefficient (Wildman–Crippen LogP) is 5.25. The summed E-state index contributed by atoms with van der Waals surface area (Å²) in [5.41, 5.74) is 2.99. The van der Waals surface area contributed by atoms with Crippen LogP contribution < -0.4 is 16.8 Å². The Morgan fingerprint density at radius 1 is 1.03 bits per heavy atom. The molecule has 0 spiro atoms. The van der Waals surface area contributed by atoms with Crippen LogP contribution in [-0.4, -0.2) is 24.4 Å². The van der Waals surface area contributed by atoms with Gasteiger partial charge in [-0.2, -0.15) is 0 Å². The van der Waals surface area contributed by atoms with Crippen LogP contribution in [0.2, 0.25) is 15.1 Å². The van der Waals surface area contributed by atoms with Crippen molar-refractivity contribution < 1.29 is 5.11 Å². The highest BCUT2D eigenvalue weighted by Gasteiger charge is 2.17. The van der Waals surface area contributed by atoms with E-state index in [9.17, 15) is 19.5 Å². The van der Waals surface area contributed by atoms with E-state index in [1.54, 1.807) is 44.2 Å². The molecular formula is C26H19Cl3N4O4. The first kappa shape index (κ1) is 26.1. The van der Waals surface area contributed by atoms with E-state index in [4.69, 9.17) is 34.8 Å². The van der Waals surface area contributed by atoms with Crippen molar-refractivity contribution in [2.75, 3.05) is 0 Å². The van der Waals surface area contributed by atoms with Gasteiger partial charge in [0.25, 0.3) is 11.1 Å². The first-order valence-corrected chi connectivity index (χ1v) is 11.9. The Kier molecular flexibility index (Phi) is 7.47. The molecule has 0 amide bonds. The van der Waals surface area contributed by atoms with Crippen molar-refractivity contribution in [2.24, 2.45) is 0 Å². The van der Waals surface area contributed by atoms with Crippen LogP contribution in [0.25, 0.3) is 23.5 Å². The molecule has 11 heteroatoms. The minimum Gasteiger partial charge on any atom is -0.494 e. The van der Waals surface area contributed by atoms with E-state index >= 15 is 0 Å². The molecule has 2 heterocycles. The van der Waals surface area contributed by atoms with Crippen LogP contribution in [0.3, 0.4) is 0 Å². The molecule has 3 N–H and O–H groups in total. The summed E-state index contributed by atoms with van der Waals surface area (Å²) >= 11 is 18.5. The number of hydrogen-bond acceptors (Lipinski definition) is 4. The molecule has 0 bridgehead atoms. The van der Waals surface area contributed by atoms with Gasteiger partial charge in [-0.25, -0.2) is 14.0 Å². The number of nitrogens with zero attached hydrogens (tertiary/aromatic N) is 2. The van der Waals surface area contributed by atoms with Crippen molar-refractivity contribution in [1.29, 1.82) is 0 Å². The number of allylic oxidation sites excluding steroid dienone is 2. The van der Waals surface area contributed by atoms with E-state index in [0.717, 1.165) is 4.57 Å². The number of benzene rings is 2. The Balaban J connectivity index is 1.72. The van der Waals surface area contributed by atoms with Gasteiger partial charge in [-0.3, -0.25) is 19.7 Å². The van der Waals surface area contributed by atoms with Gasteiger partial charge < -0.3 is 5.11 Å². The summed E-state index contributed by atoms with van der Waals surface area (Å²) in [4.78, 5) is 39.9. The molecule has 0 aliphatic carbocycles. The monoisotopic (exact) mass is 556 g/mol. The molecule has 0 aliphatic heterocycles. The van der Waals surface area contributed by atoms with Crippen LogP contribution in [-0.2, 0) is 0 Å². The molecule has 0 unspecified atom stereocenters. The highest BCUT2D eigenvalue weighted by atomic mass is 35.5. The molecular weight excluding hydrogens is 539 g/mol. The van der Waals surface area contributed by atoms with Crippen molar-refractivity contribution >= 4 is 47.0 Å². The van der Waals surface area contributed by atoms with Gasteiger partial charge in [-0.1, -0.05) is 59.1 Å². The minimum atomic E-state index is -0.766. The number of halogens is 3. The van der Waals surface area contributed by atoms with E-state index in [-0.39, 0.29) is 21.3 Å². The predicted molar refractivity (Wildman–Crippen MR) is 147 cm³/mol. The second-order valence-electron chi connectivity index (χ2n) is 7.98. The lowest BCUT2D eigenvalue weighted by Gasteiger charge is -2.09. The molecule has 37 heavy (non-hydrogen) atoms. The summed E-state index contributed by atoms with van der Waals surface area (Å²) in [5.74, 6) is -0.505. The van der Waals surface area contributed by atoms with E-state index < -0.39 is 22.7 Å². The number of rotatable bonds is 5. The molecule has 2 aromatic carbocycles. The van der Waals surface area contributed by atoms with Crippen molar-refractivity contribution in [2.45, 2.75) is 13.8 Å². The largest absolute Gasteiger partial charge is 0.494 e. The quantitative estimate of drug-likeness (QED) is 0.230. The molecule has 0 aliphatic rings. The minimum absolute atomic E-state index is 0.114. The third-order valence-electron chi connectivity index (χ3n) is 5.40. The number of aryl methyl sites for hydroxylation is 1.